The molecular weight excluding hydrogens is 182 g/mol. The standard InChI is InChI=1S/C14H29N/c1-6-7-8-9-10-11-12-15(13(2)3)14(4)5/h11-14H,6-10H2,1-5H3. The quantitative estimate of drug-likeness (QED) is 0.531. The molecule has 0 fully saturated rings. The van der Waals surface area contributed by atoms with Gasteiger partial charge in [0.05, 0.1) is 0 Å². The van der Waals surface area contributed by atoms with Crippen molar-refractivity contribution in [2.75, 3.05) is 0 Å². The maximum atomic E-state index is 2.42. The minimum atomic E-state index is 0.608. The third-order valence-electron chi connectivity index (χ3n) is 2.69. The molecule has 0 spiro atoms. The number of hydrogen-bond acceptors (Lipinski definition) is 1. The Kier molecular flexibility index (Phi) is 8.55. The molecule has 0 unspecified atom stereocenters. The summed E-state index contributed by atoms with van der Waals surface area (Å²) in [5.74, 6) is 0. The van der Waals surface area contributed by atoms with Gasteiger partial charge in [0.15, 0.2) is 0 Å². The predicted molar refractivity (Wildman–Crippen MR) is 70.0 cm³/mol. The molecule has 0 amide bonds. The van der Waals surface area contributed by atoms with Crippen molar-refractivity contribution in [3.8, 4) is 0 Å². The maximum absolute atomic E-state index is 2.42. The van der Waals surface area contributed by atoms with E-state index < -0.39 is 0 Å². The molecule has 0 aliphatic rings. The molecule has 0 heterocycles. The smallest absolute Gasteiger partial charge is 0.0230 e. The largest absolute Gasteiger partial charge is 0.373 e. The summed E-state index contributed by atoms with van der Waals surface area (Å²) < 4.78 is 0. The highest BCUT2D eigenvalue weighted by Gasteiger charge is 2.06. The Morgan fingerprint density at radius 2 is 1.53 bits per heavy atom. The van der Waals surface area contributed by atoms with E-state index in [-0.39, 0.29) is 0 Å². The van der Waals surface area contributed by atoms with Crippen LogP contribution in [0.5, 0.6) is 0 Å². The summed E-state index contributed by atoms with van der Waals surface area (Å²) in [4.78, 5) is 2.42. The second-order valence-corrected chi connectivity index (χ2v) is 4.87. The zero-order chi connectivity index (χ0) is 11.7. The fraction of sp³-hybridized carbons (Fsp3) is 0.857. The topological polar surface area (TPSA) is 3.24 Å². The van der Waals surface area contributed by atoms with Crippen LogP contribution in [0.15, 0.2) is 12.3 Å². The average molecular weight is 211 g/mol. The van der Waals surface area contributed by atoms with Gasteiger partial charge >= 0.3 is 0 Å². The van der Waals surface area contributed by atoms with Crippen LogP contribution < -0.4 is 0 Å². The van der Waals surface area contributed by atoms with Crippen LogP contribution in [0.3, 0.4) is 0 Å². The second kappa shape index (κ2) is 8.82. The number of rotatable bonds is 8. The van der Waals surface area contributed by atoms with Gasteiger partial charge < -0.3 is 4.90 Å². The zero-order valence-corrected chi connectivity index (χ0v) is 11.3. The van der Waals surface area contributed by atoms with Gasteiger partial charge in [-0.1, -0.05) is 32.3 Å². The molecule has 0 rings (SSSR count). The van der Waals surface area contributed by atoms with Gasteiger partial charge in [0.1, 0.15) is 0 Å². The molecule has 0 aromatic rings. The van der Waals surface area contributed by atoms with Crippen LogP contribution in [-0.2, 0) is 0 Å². The lowest BCUT2D eigenvalue weighted by atomic mass is 10.1. The SMILES string of the molecule is CCCCCCC=CN(C(C)C)C(C)C. The lowest BCUT2D eigenvalue weighted by Gasteiger charge is -2.29. The van der Waals surface area contributed by atoms with E-state index in [1.165, 1.54) is 32.1 Å². The van der Waals surface area contributed by atoms with Crippen LogP contribution in [0.1, 0.15) is 66.7 Å². The van der Waals surface area contributed by atoms with E-state index >= 15 is 0 Å². The van der Waals surface area contributed by atoms with Gasteiger partial charge in [0.2, 0.25) is 0 Å². The van der Waals surface area contributed by atoms with Crippen molar-refractivity contribution in [3.05, 3.63) is 12.3 Å². The van der Waals surface area contributed by atoms with E-state index in [2.05, 4.69) is 51.8 Å². The van der Waals surface area contributed by atoms with E-state index in [1.54, 1.807) is 0 Å². The van der Waals surface area contributed by atoms with E-state index in [1.807, 2.05) is 0 Å². The number of hydrogen-bond donors (Lipinski definition) is 0. The van der Waals surface area contributed by atoms with Gasteiger partial charge in [-0.15, -0.1) is 0 Å². The summed E-state index contributed by atoms with van der Waals surface area (Å²) >= 11 is 0. The van der Waals surface area contributed by atoms with Crippen molar-refractivity contribution in [2.24, 2.45) is 0 Å². The molecule has 0 bridgehead atoms. The molecule has 0 saturated heterocycles. The Labute approximate surface area is 96.6 Å². The van der Waals surface area contributed by atoms with Crippen LogP contribution in [0.2, 0.25) is 0 Å². The minimum absolute atomic E-state index is 0.608. The zero-order valence-electron chi connectivity index (χ0n) is 11.3. The summed E-state index contributed by atoms with van der Waals surface area (Å²) in [7, 11) is 0. The molecule has 0 N–H and O–H groups in total. The van der Waals surface area contributed by atoms with E-state index in [4.69, 9.17) is 0 Å². The van der Waals surface area contributed by atoms with Crippen LogP contribution >= 0.6 is 0 Å². The molecular formula is C14H29N. The van der Waals surface area contributed by atoms with Crippen molar-refractivity contribution in [3.63, 3.8) is 0 Å². The lowest BCUT2D eigenvalue weighted by Crippen LogP contribution is -2.31. The molecule has 0 atom stereocenters. The summed E-state index contributed by atoms with van der Waals surface area (Å²) in [6, 6.07) is 1.22. The number of unbranched alkanes of at least 4 members (excludes halogenated alkanes) is 4. The Morgan fingerprint density at radius 1 is 0.933 bits per heavy atom. The molecule has 0 radical (unpaired) electrons. The third kappa shape index (κ3) is 7.47. The molecule has 0 aliphatic heterocycles. The highest BCUT2D eigenvalue weighted by Crippen LogP contribution is 2.08. The second-order valence-electron chi connectivity index (χ2n) is 4.87. The Hall–Kier alpha value is -0.460. The van der Waals surface area contributed by atoms with Crippen molar-refractivity contribution in [2.45, 2.75) is 78.8 Å². The molecule has 0 aromatic carbocycles. The third-order valence-corrected chi connectivity index (χ3v) is 2.69. The van der Waals surface area contributed by atoms with Gasteiger partial charge in [0, 0.05) is 12.1 Å². The average Bonchev–Trinajstić information content (AvgIpc) is 2.15. The summed E-state index contributed by atoms with van der Waals surface area (Å²) in [5.41, 5.74) is 0. The van der Waals surface area contributed by atoms with Crippen molar-refractivity contribution >= 4 is 0 Å². The van der Waals surface area contributed by atoms with Gasteiger partial charge in [-0.25, -0.2) is 0 Å². The van der Waals surface area contributed by atoms with Gasteiger partial charge in [-0.05, 0) is 46.7 Å². The van der Waals surface area contributed by atoms with Gasteiger partial charge in [0.25, 0.3) is 0 Å². The first-order chi connectivity index (χ1) is 7.09. The van der Waals surface area contributed by atoms with Crippen LogP contribution in [0.4, 0.5) is 0 Å². The van der Waals surface area contributed by atoms with Gasteiger partial charge in [-0.2, -0.15) is 0 Å². The molecule has 90 valence electrons. The molecule has 0 aromatic heterocycles. The monoisotopic (exact) mass is 211 g/mol. The highest BCUT2D eigenvalue weighted by molar-refractivity contribution is 4.86. The summed E-state index contributed by atoms with van der Waals surface area (Å²) in [6.07, 6.45) is 11.3. The fourth-order valence-electron chi connectivity index (χ4n) is 1.83. The predicted octanol–water partition coefficient (Wildman–Crippen LogP) is 4.59. The van der Waals surface area contributed by atoms with Gasteiger partial charge in [-0.3, -0.25) is 0 Å². The van der Waals surface area contributed by atoms with Crippen molar-refractivity contribution in [1.82, 2.24) is 4.90 Å². The molecule has 1 nitrogen and oxygen atoms in total. The van der Waals surface area contributed by atoms with Crippen LogP contribution in [-0.4, -0.2) is 17.0 Å². The molecule has 0 saturated carbocycles. The Balaban J connectivity index is 3.71. The normalized spacial score (nSPS) is 11.9. The molecule has 15 heavy (non-hydrogen) atoms. The summed E-state index contributed by atoms with van der Waals surface area (Å²) in [5, 5.41) is 0. The number of nitrogens with zero attached hydrogens (tertiary/aromatic N) is 1. The Bertz CT molecular complexity index is 151. The molecule has 1 heteroatoms. The van der Waals surface area contributed by atoms with Crippen molar-refractivity contribution in [1.29, 1.82) is 0 Å². The van der Waals surface area contributed by atoms with E-state index in [0.717, 1.165) is 0 Å². The fourth-order valence-corrected chi connectivity index (χ4v) is 1.83. The first-order valence-corrected chi connectivity index (χ1v) is 6.53. The van der Waals surface area contributed by atoms with Crippen molar-refractivity contribution < 1.29 is 0 Å². The number of allylic oxidation sites excluding steroid dienone is 1. The highest BCUT2D eigenvalue weighted by atomic mass is 15.1. The molecule has 0 aliphatic carbocycles. The lowest BCUT2D eigenvalue weighted by molar-refractivity contribution is 0.255. The minimum Gasteiger partial charge on any atom is -0.373 e. The van der Waals surface area contributed by atoms with E-state index in [9.17, 15) is 0 Å². The first kappa shape index (κ1) is 14.5. The van der Waals surface area contributed by atoms with Crippen LogP contribution in [0.25, 0.3) is 0 Å². The Morgan fingerprint density at radius 3 is 2.00 bits per heavy atom. The van der Waals surface area contributed by atoms with Crippen LogP contribution in [0, 0.1) is 0 Å². The first-order valence-electron chi connectivity index (χ1n) is 6.53. The summed E-state index contributed by atoms with van der Waals surface area (Å²) in [6.45, 7) is 11.3. The van der Waals surface area contributed by atoms with E-state index in [0.29, 0.717) is 12.1 Å². The maximum Gasteiger partial charge on any atom is 0.0230 e.